The third-order valence-electron chi connectivity index (χ3n) is 6.70. The molecule has 0 aromatic heterocycles. The van der Waals surface area contributed by atoms with Crippen molar-refractivity contribution in [2.24, 2.45) is 5.41 Å². The van der Waals surface area contributed by atoms with E-state index in [-0.39, 0.29) is 12.0 Å². The van der Waals surface area contributed by atoms with Gasteiger partial charge in [0.1, 0.15) is 6.04 Å². The Hall–Kier alpha value is -3.39. The number of allylic oxidation sites excluding steroid dienone is 9. The molecular weight excluding hydrogens is 505 g/mol. The zero-order valence-corrected chi connectivity index (χ0v) is 23.3. The van der Waals surface area contributed by atoms with Gasteiger partial charge in [0, 0.05) is 12.6 Å². The largest absolute Gasteiger partial charge is 0.416 e. The molecule has 1 aliphatic carbocycles. The van der Waals surface area contributed by atoms with Gasteiger partial charge in [0.05, 0.1) is 12.2 Å². The number of carbonyl (C=O) groups is 2. The second-order valence-electron chi connectivity index (χ2n) is 10.6. The van der Waals surface area contributed by atoms with E-state index in [1.807, 2.05) is 19.1 Å². The molecule has 0 unspecified atom stereocenters. The van der Waals surface area contributed by atoms with Gasteiger partial charge in [-0.05, 0) is 74.3 Å². The number of rotatable bonds is 10. The lowest BCUT2D eigenvalue weighted by Gasteiger charge is -2.32. The number of carbonyl (C=O) groups excluding carboxylic acids is 2. The molecule has 5 nitrogen and oxygen atoms in total. The van der Waals surface area contributed by atoms with E-state index in [0.717, 1.165) is 24.1 Å². The zero-order valence-electron chi connectivity index (χ0n) is 23.3. The highest BCUT2D eigenvalue weighted by molar-refractivity contribution is 5.93. The van der Waals surface area contributed by atoms with Gasteiger partial charge in [0.25, 0.3) is 0 Å². The Morgan fingerprint density at radius 3 is 2.36 bits per heavy atom. The summed E-state index contributed by atoms with van der Waals surface area (Å²) in [6.45, 7) is 9.82. The average Bonchev–Trinajstić information content (AvgIpc) is 2.84. The number of hydrogen-bond acceptors (Lipinski definition) is 3. The molecule has 0 bridgehead atoms. The lowest BCUT2D eigenvalue weighted by molar-refractivity contribution is -0.137. The minimum atomic E-state index is -4.44. The van der Waals surface area contributed by atoms with E-state index >= 15 is 0 Å². The van der Waals surface area contributed by atoms with Gasteiger partial charge in [-0.3, -0.25) is 9.59 Å². The van der Waals surface area contributed by atoms with Crippen LogP contribution in [0.4, 0.5) is 13.2 Å². The van der Waals surface area contributed by atoms with E-state index in [1.54, 1.807) is 13.0 Å². The van der Waals surface area contributed by atoms with Crippen molar-refractivity contribution in [3.63, 3.8) is 0 Å². The summed E-state index contributed by atoms with van der Waals surface area (Å²) >= 11 is 0. The minimum Gasteiger partial charge on any atom is -0.394 e. The van der Waals surface area contributed by atoms with Crippen molar-refractivity contribution in [3.05, 3.63) is 94.1 Å². The number of halogens is 3. The first-order valence-electron chi connectivity index (χ1n) is 13.0. The Bertz CT molecular complexity index is 1170. The fraction of sp³-hybridized carbons (Fsp3) is 0.419. The molecule has 39 heavy (non-hydrogen) atoms. The molecule has 0 radical (unpaired) electrons. The standard InChI is InChI=1S/C31H39F3N2O3/c1-21(11-16-26-23(3)10-7-17-30(26,4)5)8-6-9-22(2)18-28(38)36-27(20-37)29(39)35-19-24-12-14-25(15-13-24)31(32,33)34/h6,8-9,11-16,18,27,37H,7,10,17,19-20H2,1-5H3,(H,35,39)(H,36,38)/t27-/m0/s1. The Kier molecular flexibility index (Phi) is 11.5. The van der Waals surface area contributed by atoms with Crippen LogP contribution in [0.1, 0.15) is 65.0 Å². The summed E-state index contributed by atoms with van der Waals surface area (Å²) < 4.78 is 38.0. The van der Waals surface area contributed by atoms with E-state index in [4.69, 9.17) is 0 Å². The number of aliphatic hydroxyl groups is 1. The number of aliphatic hydroxyl groups excluding tert-OH is 1. The summed E-state index contributed by atoms with van der Waals surface area (Å²) in [5, 5.41) is 14.5. The maximum atomic E-state index is 12.7. The summed E-state index contributed by atoms with van der Waals surface area (Å²) in [5.74, 6) is -1.20. The van der Waals surface area contributed by atoms with E-state index in [9.17, 15) is 27.9 Å². The second-order valence-corrected chi connectivity index (χ2v) is 10.6. The third kappa shape index (κ3) is 10.4. The molecule has 1 aromatic rings. The van der Waals surface area contributed by atoms with E-state index in [1.165, 1.54) is 42.2 Å². The first-order chi connectivity index (χ1) is 18.2. The van der Waals surface area contributed by atoms with Gasteiger partial charge in [-0.15, -0.1) is 0 Å². The summed E-state index contributed by atoms with van der Waals surface area (Å²) in [6, 6.07) is 3.17. The third-order valence-corrected chi connectivity index (χ3v) is 6.70. The lowest BCUT2D eigenvalue weighted by Crippen LogP contribution is -2.48. The van der Waals surface area contributed by atoms with Crippen LogP contribution in [0.25, 0.3) is 0 Å². The normalized spacial score (nSPS) is 17.6. The molecule has 3 N–H and O–H groups in total. The van der Waals surface area contributed by atoms with Crippen LogP contribution >= 0.6 is 0 Å². The molecule has 1 aliphatic rings. The Morgan fingerprint density at radius 2 is 1.77 bits per heavy atom. The molecule has 0 saturated heterocycles. The lowest BCUT2D eigenvalue weighted by atomic mass is 9.72. The maximum absolute atomic E-state index is 12.7. The van der Waals surface area contributed by atoms with Crippen LogP contribution in [-0.2, 0) is 22.3 Å². The van der Waals surface area contributed by atoms with Gasteiger partial charge in [-0.1, -0.05) is 67.5 Å². The van der Waals surface area contributed by atoms with Gasteiger partial charge in [0.2, 0.25) is 11.8 Å². The molecule has 0 spiro atoms. The molecule has 2 amide bonds. The van der Waals surface area contributed by atoms with Crippen LogP contribution in [0, 0.1) is 5.41 Å². The second kappa shape index (κ2) is 14.1. The summed E-state index contributed by atoms with van der Waals surface area (Å²) in [7, 11) is 0. The van der Waals surface area contributed by atoms with Crippen LogP contribution in [0.5, 0.6) is 0 Å². The predicted octanol–water partition coefficient (Wildman–Crippen LogP) is 6.33. The zero-order chi connectivity index (χ0) is 29.2. The molecule has 0 heterocycles. The maximum Gasteiger partial charge on any atom is 0.416 e. The summed E-state index contributed by atoms with van der Waals surface area (Å²) in [4.78, 5) is 24.7. The van der Waals surface area contributed by atoms with Gasteiger partial charge in [0.15, 0.2) is 0 Å². The van der Waals surface area contributed by atoms with Gasteiger partial charge in [-0.2, -0.15) is 13.2 Å². The van der Waals surface area contributed by atoms with Crippen molar-refractivity contribution in [1.29, 1.82) is 0 Å². The van der Waals surface area contributed by atoms with E-state index in [0.29, 0.717) is 11.1 Å². The van der Waals surface area contributed by atoms with E-state index < -0.39 is 36.2 Å². The highest BCUT2D eigenvalue weighted by atomic mass is 19.4. The van der Waals surface area contributed by atoms with Gasteiger partial charge < -0.3 is 15.7 Å². The number of amides is 2. The van der Waals surface area contributed by atoms with Gasteiger partial charge in [-0.25, -0.2) is 0 Å². The molecule has 0 aliphatic heterocycles. The summed E-state index contributed by atoms with van der Waals surface area (Å²) in [6.07, 6.45) is 10.3. The van der Waals surface area contributed by atoms with Crippen LogP contribution in [0.3, 0.4) is 0 Å². The van der Waals surface area contributed by atoms with Crippen molar-refractivity contribution >= 4 is 11.8 Å². The number of alkyl halides is 3. The van der Waals surface area contributed by atoms with Crippen molar-refractivity contribution in [3.8, 4) is 0 Å². The fourth-order valence-corrected chi connectivity index (χ4v) is 4.42. The van der Waals surface area contributed by atoms with Crippen LogP contribution in [0.15, 0.2) is 83.0 Å². The van der Waals surface area contributed by atoms with Crippen LogP contribution in [0.2, 0.25) is 0 Å². The SMILES string of the molecule is CC(C=CC1=C(C)CCCC1(C)C)=CC=CC(C)=CC(=O)N[C@@H](CO)C(=O)NCc1ccc(C(F)(F)F)cc1. The van der Waals surface area contributed by atoms with Crippen molar-refractivity contribution in [2.45, 2.75) is 72.6 Å². The Morgan fingerprint density at radius 1 is 1.10 bits per heavy atom. The smallest absolute Gasteiger partial charge is 0.394 e. The minimum absolute atomic E-state index is 0.0462. The number of nitrogens with one attached hydrogen (secondary N) is 2. The Balaban J connectivity index is 1.90. The first kappa shape index (κ1) is 31.8. The van der Waals surface area contributed by atoms with Crippen molar-refractivity contribution in [1.82, 2.24) is 10.6 Å². The average molecular weight is 545 g/mol. The van der Waals surface area contributed by atoms with Crippen LogP contribution in [-0.4, -0.2) is 29.6 Å². The van der Waals surface area contributed by atoms with Crippen molar-refractivity contribution < 1.29 is 27.9 Å². The molecule has 0 saturated carbocycles. The highest BCUT2D eigenvalue weighted by Crippen LogP contribution is 2.40. The monoisotopic (exact) mass is 544 g/mol. The molecule has 1 atom stereocenters. The Labute approximate surface area is 229 Å². The van der Waals surface area contributed by atoms with E-state index in [2.05, 4.69) is 43.6 Å². The predicted molar refractivity (Wildman–Crippen MR) is 148 cm³/mol. The molecule has 0 fully saturated rings. The molecule has 8 heteroatoms. The molecule has 2 rings (SSSR count). The number of benzene rings is 1. The van der Waals surface area contributed by atoms with Gasteiger partial charge >= 0.3 is 6.18 Å². The number of hydrogen-bond donors (Lipinski definition) is 3. The van der Waals surface area contributed by atoms with Crippen molar-refractivity contribution in [2.75, 3.05) is 6.61 Å². The molecular formula is C31H39F3N2O3. The summed E-state index contributed by atoms with van der Waals surface area (Å²) in [5.41, 5.74) is 4.38. The topological polar surface area (TPSA) is 78.4 Å². The molecule has 1 aromatic carbocycles. The first-order valence-corrected chi connectivity index (χ1v) is 13.0. The highest BCUT2D eigenvalue weighted by Gasteiger charge is 2.30. The molecule has 212 valence electrons. The fourth-order valence-electron chi connectivity index (χ4n) is 4.42. The van der Waals surface area contributed by atoms with Crippen LogP contribution < -0.4 is 10.6 Å². The quantitative estimate of drug-likeness (QED) is 0.238.